The van der Waals surface area contributed by atoms with Crippen LogP contribution in [0.25, 0.3) is 0 Å². The second-order valence-corrected chi connectivity index (χ2v) is 6.43. The average molecular weight is 300 g/mol. The zero-order chi connectivity index (χ0) is 14.8. The molecule has 1 aromatic carbocycles. The molecule has 0 unspecified atom stereocenters. The van der Waals surface area contributed by atoms with Gasteiger partial charge in [0, 0.05) is 12.1 Å². The molecule has 1 saturated carbocycles. The maximum absolute atomic E-state index is 12.1. The van der Waals surface area contributed by atoms with Gasteiger partial charge in [-0.2, -0.15) is 0 Å². The molecule has 1 fully saturated rings. The van der Waals surface area contributed by atoms with Crippen LogP contribution in [0.2, 0.25) is 0 Å². The fraction of sp³-hybridized carbons (Fsp3) is 0.500. The van der Waals surface area contributed by atoms with E-state index in [1.807, 2.05) is 0 Å². The highest BCUT2D eigenvalue weighted by Gasteiger charge is 2.23. The van der Waals surface area contributed by atoms with Gasteiger partial charge in [0.15, 0.2) is 0 Å². The molecule has 7 nitrogen and oxygen atoms in total. The minimum Gasteiger partial charge on any atom is -0.284 e. The van der Waals surface area contributed by atoms with Crippen molar-refractivity contribution in [3.05, 3.63) is 33.9 Å². The lowest BCUT2D eigenvalue weighted by Crippen LogP contribution is -2.29. The molecular weight excluding hydrogens is 284 g/mol. The van der Waals surface area contributed by atoms with Gasteiger partial charge < -0.3 is 0 Å². The first-order valence-electron chi connectivity index (χ1n) is 6.32. The Bertz CT molecular complexity index is 608. The summed E-state index contributed by atoms with van der Waals surface area (Å²) in [5.74, 6) is 0. The molecule has 2 rings (SSSR count). The van der Waals surface area contributed by atoms with Gasteiger partial charge in [-0.15, -0.1) is 0 Å². The largest absolute Gasteiger partial charge is 0.284 e. The Labute approximate surface area is 117 Å². The molecule has 1 aliphatic carbocycles. The topological polar surface area (TPSA) is 98.5 Å². The minimum absolute atomic E-state index is 0.0129. The van der Waals surface area contributed by atoms with Crippen molar-refractivity contribution in [1.82, 2.24) is 4.89 Å². The van der Waals surface area contributed by atoms with Crippen LogP contribution in [-0.4, -0.2) is 19.4 Å². The lowest BCUT2D eigenvalue weighted by molar-refractivity contribution is -0.385. The van der Waals surface area contributed by atoms with E-state index >= 15 is 0 Å². The number of sulfonamides is 1. The summed E-state index contributed by atoms with van der Waals surface area (Å²) in [6.45, 7) is 1.51. The van der Waals surface area contributed by atoms with Crippen molar-refractivity contribution in [1.29, 1.82) is 0 Å². The molecule has 0 saturated heterocycles. The van der Waals surface area contributed by atoms with E-state index in [-0.39, 0.29) is 16.7 Å². The zero-order valence-corrected chi connectivity index (χ0v) is 11.9. The number of hydrogen-bond acceptors (Lipinski definition) is 5. The molecule has 0 spiro atoms. The van der Waals surface area contributed by atoms with Crippen LogP contribution in [0.5, 0.6) is 0 Å². The maximum atomic E-state index is 12.1. The van der Waals surface area contributed by atoms with Crippen molar-refractivity contribution in [2.24, 2.45) is 0 Å². The molecule has 0 bridgehead atoms. The van der Waals surface area contributed by atoms with Gasteiger partial charge in [-0.05, 0) is 31.4 Å². The Balaban J connectivity index is 2.14. The van der Waals surface area contributed by atoms with Crippen molar-refractivity contribution in [2.45, 2.75) is 43.6 Å². The van der Waals surface area contributed by atoms with E-state index in [1.165, 1.54) is 19.1 Å². The second kappa shape index (κ2) is 5.86. The molecule has 8 heteroatoms. The number of nitrogens with one attached hydrogen (secondary N) is 1. The monoisotopic (exact) mass is 300 g/mol. The van der Waals surface area contributed by atoms with Gasteiger partial charge in [-0.3, -0.25) is 15.0 Å². The Morgan fingerprint density at radius 2 is 2.00 bits per heavy atom. The number of benzene rings is 1. The Morgan fingerprint density at radius 1 is 1.35 bits per heavy atom. The van der Waals surface area contributed by atoms with Crippen molar-refractivity contribution in [3.63, 3.8) is 0 Å². The number of nitro groups is 1. The van der Waals surface area contributed by atoms with Gasteiger partial charge in [0.2, 0.25) is 0 Å². The van der Waals surface area contributed by atoms with Crippen LogP contribution in [0, 0.1) is 17.0 Å². The number of nitrogens with zero attached hydrogens (tertiary/aromatic N) is 1. The number of nitro benzene ring substituents is 1. The summed E-state index contributed by atoms with van der Waals surface area (Å²) in [6.07, 6.45) is 3.64. The van der Waals surface area contributed by atoms with Gasteiger partial charge >= 0.3 is 0 Å². The third kappa shape index (κ3) is 3.33. The first-order chi connectivity index (χ1) is 9.40. The number of hydrogen-bond donors (Lipinski definition) is 1. The summed E-state index contributed by atoms with van der Waals surface area (Å²) in [5, 5.41) is 10.6. The number of aryl methyl sites for hydroxylation is 1. The van der Waals surface area contributed by atoms with Crippen LogP contribution in [0.1, 0.15) is 31.2 Å². The van der Waals surface area contributed by atoms with E-state index in [0.29, 0.717) is 5.56 Å². The van der Waals surface area contributed by atoms with Gasteiger partial charge in [0.05, 0.1) is 15.9 Å². The Hall–Kier alpha value is -1.51. The fourth-order valence-electron chi connectivity index (χ4n) is 2.23. The van der Waals surface area contributed by atoms with Crippen LogP contribution in [0.4, 0.5) is 5.69 Å². The quantitative estimate of drug-likeness (QED) is 0.663. The summed E-state index contributed by atoms with van der Waals surface area (Å²) in [5.41, 5.74) is 0.167. The molecule has 0 heterocycles. The summed E-state index contributed by atoms with van der Waals surface area (Å²) >= 11 is 0. The standard InChI is InChI=1S/C12H16N2O5S/c1-9-8-10(14(15)16)6-7-12(9)20(17,18)13-19-11-4-2-3-5-11/h6-8,11,13H,2-5H2,1H3. The van der Waals surface area contributed by atoms with Crippen molar-refractivity contribution >= 4 is 15.7 Å². The Morgan fingerprint density at radius 3 is 2.55 bits per heavy atom. The molecule has 0 amide bonds. The fourth-order valence-corrected chi connectivity index (χ4v) is 3.31. The summed E-state index contributed by atoms with van der Waals surface area (Å²) in [6, 6.07) is 3.61. The van der Waals surface area contributed by atoms with Crippen LogP contribution in [-0.2, 0) is 14.9 Å². The van der Waals surface area contributed by atoms with Crippen LogP contribution in [0.15, 0.2) is 23.1 Å². The highest BCUT2D eigenvalue weighted by atomic mass is 32.2. The van der Waals surface area contributed by atoms with E-state index in [4.69, 9.17) is 4.84 Å². The van der Waals surface area contributed by atoms with Gasteiger partial charge in [0.25, 0.3) is 15.7 Å². The molecule has 1 aromatic rings. The highest BCUT2D eigenvalue weighted by Crippen LogP contribution is 2.23. The lowest BCUT2D eigenvalue weighted by Gasteiger charge is -2.13. The molecule has 1 aliphatic rings. The van der Waals surface area contributed by atoms with Gasteiger partial charge in [-0.1, -0.05) is 17.7 Å². The smallest absolute Gasteiger partial charge is 0.269 e. The molecule has 0 aliphatic heterocycles. The third-order valence-corrected chi connectivity index (χ3v) is 4.64. The van der Waals surface area contributed by atoms with Crippen molar-refractivity contribution in [2.75, 3.05) is 0 Å². The van der Waals surface area contributed by atoms with Crippen LogP contribution >= 0.6 is 0 Å². The third-order valence-electron chi connectivity index (χ3n) is 3.29. The van der Waals surface area contributed by atoms with Crippen molar-refractivity contribution < 1.29 is 18.2 Å². The maximum Gasteiger partial charge on any atom is 0.269 e. The molecule has 110 valence electrons. The van der Waals surface area contributed by atoms with Crippen molar-refractivity contribution in [3.8, 4) is 0 Å². The second-order valence-electron chi connectivity index (χ2n) is 4.82. The molecule has 0 atom stereocenters. The number of non-ortho nitro benzene ring substituents is 1. The van der Waals surface area contributed by atoms with E-state index in [9.17, 15) is 18.5 Å². The van der Waals surface area contributed by atoms with Gasteiger partial charge in [-0.25, -0.2) is 8.42 Å². The van der Waals surface area contributed by atoms with E-state index in [2.05, 4.69) is 4.89 Å². The minimum atomic E-state index is -3.82. The normalized spacial score (nSPS) is 16.4. The SMILES string of the molecule is Cc1cc([N+](=O)[O-])ccc1S(=O)(=O)NOC1CCCC1. The molecule has 20 heavy (non-hydrogen) atoms. The molecular formula is C12H16N2O5S. The van der Waals surface area contributed by atoms with E-state index in [0.717, 1.165) is 31.7 Å². The summed E-state index contributed by atoms with van der Waals surface area (Å²) in [7, 11) is -3.82. The highest BCUT2D eigenvalue weighted by molar-refractivity contribution is 7.89. The van der Waals surface area contributed by atoms with Crippen LogP contribution < -0.4 is 4.89 Å². The van der Waals surface area contributed by atoms with Gasteiger partial charge in [0.1, 0.15) is 0 Å². The Kier molecular flexibility index (Phi) is 4.36. The predicted molar refractivity (Wildman–Crippen MR) is 71.5 cm³/mol. The predicted octanol–water partition coefficient (Wildman–Crippen LogP) is 2.06. The summed E-state index contributed by atoms with van der Waals surface area (Å²) < 4.78 is 24.2. The van der Waals surface area contributed by atoms with Crippen LogP contribution in [0.3, 0.4) is 0 Å². The molecule has 0 radical (unpaired) electrons. The molecule has 1 N–H and O–H groups in total. The lowest BCUT2D eigenvalue weighted by atomic mass is 10.2. The average Bonchev–Trinajstić information content (AvgIpc) is 2.89. The summed E-state index contributed by atoms with van der Waals surface area (Å²) in [4.78, 5) is 17.3. The molecule has 0 aromatic heterocycles. The first kappa shape index (κ1) is 14.9. The first-order valence-corrected chi connectivity index (χ1v) is 7.81. The zero-order valence-electron chi connectivity index (χ0n) is 11.0. The van der Waals surface area contributed by atoms with E-state index < -0.39 is 14.9 Å². The van der Waals surface area contributed by atoms with E-state index in [1.54, 1.807) is 0 Å². The number of rotatable bonds is 5.